The number of carbonyl (C=O) groups is 1. The Kier molecular flexibility index (Phi) is 5.16. The summed E-state index contributed by atoms with van der Waals surface area (Å²) in [5, 5.41) is 11.6. The summed E-state index contributed by atoms with van der Waals surface area (Å²) in [6.45, 7) is 3.09. The smallest absolute Gasteiger partial charge is 0.251 e. The minimum absolute atomic E-state index is 0.0923. The summed E-state index contributed by atoms with van der Waals surface area (Å²) in [6, 6.07) is 5.37. The molecule has 1 aromatic carbocycles. The predicted molar refractivity (Wildman–Crippen MR) is 76.5 cm³/mol. The van der Waals surface area contributed by atoms with E-state index in [-0.39, 0.29) is 18.6 Å². The molecule has 0 spiro atoms. The highest BCUT2D eigenvalue weighted by Gasteiger charge is 2.16. The van der Waals surface area contributed by atoms with Crippen LogP contribution < -0.4 is 5.32 Å². The van der Waals surface area contributed by atoms with E-state index in [1.165, 1.54) is 0 Å². The summed E-state index contributed by atoms with van der Waals surface area (Å²) in [5.41, 5.74) is 2.38. The van der Waals surface area contributed by atoms with Crippen LogP contribution in [-0.4, -0.2) is 36.9 Å². The van der Waals surface area contributed by atoms with Crippen molar-refractivity contribution < 1.29 is 14.6 Å². The number of rotatable bonds is 3. The molecule has 0 aromatic heterocycles. The molecular formula is C16H19NO3. The molecule has 1 aromatic rings. The Balaban J connectivity index is 1.97. The summed E-state index contributed by atoms with van der Waals surface area (Å²) >= 11 is 0. The van der Waals surface area contributed by atoms with E-state index in [9.17, 15) is 4.79 Å². The first-order chi connectivity index (χ1) is 9.70. The van der Waals surface area contributed by atoms with E-state index >= 15 is 0 Å². The van der Waals surface area contributed by atoms with E-state index in [1.54, 1.807) is 12.1 Å². The molecule has 0 aliphatic carbocycles. The second-order valence-corrected chi connectivity index (χ2v) is 4.83. The number of aliphatic hydroxyl groups excluding tert-OH is 1. The molecule has 2 N–H and O–H groups in total. The molecule has 0 bridgehead atoms. The van der Waals surface area contributed by atoms with Gasteiger partial charge < -0.3 is 15.2 Å². The van der Waals surface area contributed by atoms with Crippen molar-refractivity contribution in [3.63, 3.8) is 0 Å². The molecule has 1 aliphatic heterocycles. The van der Waals surface area contributed by atoms with Gasteiger partial charge in [0.15, 0.2) is 0 Å². The molecular weight excluding hydrogens is 254 g/mol. The Morgan fingerprint density at radius 3 is 3.05 bits per heavy atom. The molecule has 106 valence electrons. The van der Waals surface area contributed by atoms with Crippen LogP contribution in [0.3, 0.4) is 0 Å². The monoisotopic (exact) mass is 273 g/mol. The van der Waals surface area contributed by atoms with Gasteiger partial charge in [0, 0.05) is 24.3 Å². The van der Waals surface area contributed by atoms with Crippen molar-refractivity contribution >= 4 is 5.91 Å². The number of aliphatic hydroxyl groups is 1. The van der Waals surface area contributed by atoms with Crippen LogP contribution in [0.15, 0.2) is 18.2 Å². The van der Waals surface area contributed by atoms with E-state index in [0.717, 1.165) is 30.6 Å². The Bertz CT molecular complexity index is 536. The minimum atomic E-state index is -0.164. The normalized spacial score (nSPS) is 17.4. The van der Waals surface area contributed by atoms with Crippen molar-refractivity contribution in [1.82, 2.24) is 5.32 Å². The maximum Gasteiger partial charge on any atom is 0.251 e. The minimum Gasteiger partial charge on any atom is -0.384 e. The highest BCUT2D eigenvalue weighted by atomic mass is 16.5. The molecule has 20 heavy (non-hydrogen) atoms. The summed E-state index contributed by atoms with van der Waals surface area (Å²) < 4.78 is 5.47. The number of nitrogens with one attached hydrogen (secondary N) is 1. The Hall–Kier alpha value is -1.83. The van der Waals surface area contributed by atoms with Crippen LogP contribution in [-0.2, 0) is 4.74 Å². The van der Waals surface area contributed by atoms with E-state index in [4.69, 9.17) is 9.84 Å². The third kappa shape index (κ3) is 3.83. The topological polar surface area (TPSA) is 58.6 Å². The van der Waals surface area contributed by atoms with Gasteiger partial charge in [-0.25, -0.2) is 0 Å². The fourth-order valence-electron chi connectivity index (χ4n) is 2.19. The van der Waals surface area contributed by atoms with Crippen molar-refractivity contribution in [2.75, 3.05) is 19.8 Å². The quantitative estimate of drug-likeness (QED) is 0.815. The zero-order valence-electron chi connectivity index (χ0n) is 11.6. The average Bonchev–Trinajstić information content (AvgIpc) is 2.96. The first-order valence-corrected chi connectivity index (χ1v) is 6.81. The lowest BCUT2D eigenvalue weighted by Crippen LogP contribution is -2.31. The zero-order valence-corrected chi connectivity index (χ0v) is 11.6. The molecule has 0 radical (unpaired) electrons. The third-order valence-corrected chi connectivity index (χ3v) is 3.30. The lowest BCUT2D eigenvalue weighted by atomic mass is 10.0. The van der Waals surface area contributed by atoms with Gasteiger partial charge in [-0.3, -0.25) is 4.79 Å². The maximum atomic E-state index is 12.0. The fourth-order valence-corrected chi connectivity index (χ4v) is 2.19. The second kappa shape index (κ2) is 7.09. The molecule has 4 heteroatoms. The number of carbonyl (C=O) groups excluding carboxylic acids is 1. The number of hydrogen-bond acceptors (Lipinski definition) is 3. The molecule has 0 saturated carbocycles. The summed E-state index contributed by atoms with van der Waals surface area (Å²) in [7, 11) is 0. The zero-order chi connectivity index (χ0) is 14.4. The Labute approximate surface area is 119 Å². The van der Waals surface area contributed by atoms with E-state index in [0.29, 0.717) is 12.1 Å². The molecule has 1 atom stereocenters. The maximum absolute atomic E-state index is 12.0. The average molecular weight is 273 g/mol. The van der Waals surface area contributed by atoms with Gasteiger partial charge in [-0.1, -0.05) is 11.8 Å². The van der Waals surface area contributed by atoms with Crippen LogP contribution in [0.5, 0.6) is 0 Å². The molecule has 2 rings (SSSR count). The van der Waals surface area contributed by atoms with Gasteiger partial charge in [-0.2, -0.15) is 0 Å². The van der Waals surface area contributed by atoms with Crippen LogP contribution in [0.25, 0.3) is 0 Å². The van der Waals surface area contributed by atoms with Crippen molar-refractivity contribution in [1.29, 1.82) is 0 Å². The second-order valence-electron chi connectivity index (χ2n) is 4.83. The summed E-state index contributed by atoms with van der Waals surface area (Å²) in [5.74, 6) is 5.37. The number of amides is 1. The SMILES string of the molecule is Cc1cc(C(=O)NCC2CCCO2)ccc1C#CCO. The van der Waals surface area contributed by atoms with E-state index in [2.05, 4.69) is 17.2 Å². The molecule has 1 unspecified atom stereocenters. The van der Waals surface area contributed by atoms with Crippen molar-refractivity contribution in [2.45, 2.75) is 25.9 Å². The molecule has 1 amide bonds. The van der Waals surface area contributed by atoms with Gasteiger partial charge in [0.2, 0.25) is 0 Å². The van der Waals surface area contributed by atoms with Crippen LogP contribution in [0.4, 0.5) is 0 Å². The van der Waals surface area contributed by atoms with Crippen molar-refractivity contribution in [3.05, 3.63) is 34.9 Å². The first-order valence-electron chi connectivity index (χ1n) is 6.81. The van der Waals surface area contributed by atoms with Crippen LogP contribution >= 0.6 is 0 Å². The number of benzene rings is 1. The van der Waals surface area contributed by atoms with Gasteiger partial charge in [-0.05, 0) is 43.5 Å². The predicted octanol–water partition coefficient (Wildman–Crippen LogP) is 1.25. The largest absolute Gasteiger partial charge is 0.384 e. The van der Waals surface area contributed by atoms with Gasteiger partial charge in [0.05, 0.1) is 6.10 Å². The first kappa shape index (κ1) is 14.6. The Morgan fingerprint density at radius 2 is 2.40 bits per heavy atom. The third-order valence-electron chi connectivity index (χ3n) is 3.30. The lowest BCUT2D eigenvalue weighted by Gasteiger charge is -2.11. The molecule has 1 fully saturated rings. The van der Waals surface area contributed by atoms with Crippen molar-refractivity contribution in [2.24, 2.45) is 0 Å². The van der Waals surface area contributed by atoms with Gasteiger partial charge in [-0.15, -0.1) is 0 Å². The Morgan fingerprint density at radius 1 is 1.55 bits per heavy atom. The van der Waals surface area contributed by atoms with Crippen molar-refractivity contribution in [3.8, 4) is 11.8 Å². The summed E-state index contributed by atoms with van der Waals surface area (Å²) in [6.07, 6.45) is 2.22. The summed E-state index contributed by atoms with van der Waals surface area (Å²) in [4.78, 5) is 12.0. The highest BCUT2D eigenvalue weighted by Crippen LogP contribution is 2.12. The standard InChI is InChI=1S/C16H19NO3/c1-12-10-14(7-6-13(12)4-2-8-18)16(19)17-11-15-5-3-9-20-15/h6-7,10,15,18H,3,5,8-9,11H2,1H3,(H,17,19). The number of hydrogen-bond donors (Lipinski definition) is 2. The van der Waals surface area contributed by atoms with Gasteiger partial charge >= 0.3 is 0 Å². The fraction of sp³-hybridized carbons (Fsp3) is 0.438. The molecule has 1 aliphatic rings. The van der Waals surface area contributed by atoms with Crippen LogP contribution in [0.2, 0.25) is 0 Å². The van der Waals surface area contributed by atoms with Gasteiger partial charge in [0.25, 0.3) is 5.91 Å². The lowest BCUT2D eigenvalue weighted by molar-refractivity contribution is 0.0857. The van der Waals surface area contributed by atoms with E-state index < -0.39 is 0 Å². The van der Waals surface area contributed by atoms with Crippen LogP contribution in [0, 0.1) is 18.8 Å². The number of ether oxygens (including phenoxy) is 1. The molecule has 4 nitrogen and oxygen atoms in total. The van der Waals surface area contributed by atoms with Crippen LogP contribution in [0.1, 0.15) is 34.3 Å². The molecule has 1 saturated heterocycles. The van der Waals surface area contributed by atoms with E-state index in [1.807, 2.05) is 13.0 Å². The highest BCUT2D eigenvalue weighted by molar-refractivity contribution is 5.94. The number of aryl methyl sites for hydroxylation is 1. The molecule has 1 heterocycles. The van der Waals surface area contributed by atoms with Gasteiger partial charge in [0.1, 0.15) is 6.61 Å².